The smallest absolute Gasteiger partial charge is 0.123 e. The van der Waals surface area contributed by atoms with Crippen molar-refractivity contribution in [1.82, 2.24) is 4.90 Å². The largest absolute Gasteiger partial charge is 0.496 e. The van der Waals surface area contributed by atoms with Gasteiger partial charge < -0.3 is 10.5 Å². The Balaban J connectivity index is 1.98. The van der Waals surface area contributed by atoms with Crippen LogP contribution in [0.1, 0.15) is 44.2 Å². The van der Waals surface area contributed by atoms with Gasteiger partial charge in [-0.15, -0.1) is 0 Å². The molecule has 0 bridgehead atoms. The van der Waals surface area contributed by atoms with Crippen molar-refractivity contribution >= 4 is 0 Å². The molecule has 3 heteroatoms. The van der Waals surface area contributed by atoms with E-state index in [9.17, 15) is 0 Å². The van der Waals surface area contributed by atoms with Gasteiger partial charge in [0, 0.05) is 18.7 Å². The first-order chi connectivity index (χ1) is 10.1. The van der Waals surface area contributed by atoms with Crippen molar-refractivity contribution in [3.63, 3.8) is 0 Å². The molecule has 1 heterocycles. The highest BCUT2D eigenvalue weighted by Gasteiger charge is 2.19. The van der Waals surface area contributed by atoms with Gasteiger partial charge >= 0.3 is 0 Å². The minimum atomic E-state index is 0.531. The normalized spacial score (nSPS) is 20.5. The molecule has 1 aromatic rings. The molecule has 0 amide bonds. The molecule has 1 atom stereocenters. The highest BCUT2D eigenvalue weighted by atomic mass is 16.5. The number of ether oxygens (including phenoxy) is 1. The minimum Gasteiger partial charge on any atom is -0.496 e. The summed E-state index contributed by atoms with van der Waals surface area (Å²) < 4.78 is 5.44. The lowest BCUT2D eigenvalue weighted by Crippen LogP contribution is -2.24. The Morgan fingerprint density at radius 1 is 1.29 bits per heavy atom. The lowest BCUT2D eigenvalue weighted by Gasteiger charge is -2.22. The van der Waals surface area contributed by atoms with Crippen LogP contribution in [-0.2, 0) is 13.1 Å². The minimum absolute atomic E-state index is 0.531. The molecular weight excluding hydrogens is 260 g/mol. The number of hydrogen-bond donors (Lipinski definition) is 1. The second kappa shape index (κ2) is 7.81. The molecule has 0 aliphatic carbocycles. The average Bonchev–Trinajstić information content (AvgIpc) is 2.72. The number of nitrogens with two attached hydrogens (primary N) is 1. The van der Waals surface area contributed by atoms with E-state index < -0.39 is 0 Å². The van der Waals surface area contributed by atoms with Crippen molar-refractivity contribution in [2.75, 3.05) is 20.2 Å². The molecule has 0 radical (unpaired) electrons. The fraction of sp³-hybridized carbons (Fsp3) is 0.667. The third-order valence-corrected chi connectivity index (χ3v) is 4.79. The molecule has 1 aromatic carbocycles. The zero-order valence-electron chi connectivity index (χ0n) is 13.8. The molecule has 0 aromatic heterocycles. The van der Waals surface area contributed by atoms with Gasteiger partial charge in [-0.2, -0.15) is 0 Å². The third-order valence-electron chi connectivity index (χ3n) is 4.79. The van der Waals surface area contributed by atoms with Gasteiger partial charge in [0.15, 0.2) is 0 Å². The van der Waals surface area contributed by atoms with Gasteiger partial charge in [-0.05, 0) is 55.8 Å². The van der Waals surface area contributed by atoms with Crippen molar-refractivity contribution in [3.8, 4) is 5.75 Å². The lowest BCUT2D eigenvalue weighted by molar-refractivity contribution is 0.264. The van der Waals surface area contributed by atoms with E-state index in [2.05, 4.69) is 36.9 Å². The highest BCUT2D eigenvalue weighted by Crippen LogP contribution is 2.26. The fourth-order valence-corrected chi connectivity index (χ4v) is 3.32. The van der Waals surface area contributed by atoms with Gasteiger partial charge in [0.2, 0.25) is 0 Å². The number of rotatable bonds is 5. The molecule has 1 aliphatic rings. The number of hydrogen-bond acceptors (Lipinski definition) is 3. The molecule has 21 heavy (non-hydrogen) atoms. The van der Waals surface area contributed by atoms with Gasteiger partial charge in [0.05, 0.1) is 7.11 Å². The summed E-state index contributed by atoms with van der Waals surface area (Å²) in [5.74, 6) is 2.63. The summed E-state index contributed by atoms with van der Waals surface area (Å²) in [4.78, 5) is 2.58. The Morgan fingerprint density at radius 2 is 2.10 bits per heavy atom. The predicted octanol–water partition coefficient (Wildman–Crippen LogP) is 3.41. The van der Waals surface area contributed by atoms with Gasteiger partial charge in [-0.25, -0.2) is 0 Å². The molecule has 118 valence electrons. The molecular formula is C18H30N2O. The summed E-state index contributed by atoms with van der Waals surface area (Å²) in [7, 11) is 1.72. The quantitative estimate of drug-likeness (QED) is 0.903. The maximum atomic E-state index is 5.73. The summed E-state index contributed by atoms with van der Waals surface area (Å²) in [6.07, 6.45) is 4.03. The van der Waals surface area contributed by atoms with Crippen molar-refractivity contribution in [1.29, 1.82) is 0 Å². The van der Waals surface area contributed by atoms with Crippen LogP contribution in [0, 0.1) is 11.8 Å². The predicted molar refractivity (Wildman–Crippen MR) is 88.3 cm³/mol. The summed E-state index contributed by atoms with van der Waals surface area (Å²) >= 11 is 0. The van der Waals surface area contributed by atoms with E-state index in [1.54, 1.807) is 7.11 Å². The molecule has 0 spiro atoms. The van der Waals surface area contributed by atoms with Crippen LogP contribution in [-0.4, -0.2) is 25.1 Å². The standard InChI is InChI=1S/C18H30N2O/c1-14(2)16-5-4-9-20(10-8-16)13-15-6-7-17(12-19)18(11-15)21-3/h6-7,11,14,16H,4-5,8-10,12-13,19H2,1-3H3. The van der Waals surface area contributed by atoms with Gasteiger partial charge in [-0.3, -0.25) is 4.90 Å². The Hall–Kier alpha value is -1.06. The summed E-state index contributed by atoms with van der Waals surface area (Å²) in [6.45, 7) is 8.69. The van der Waals surface area contributed by atoms with Crippen LogP contribution in [0.25, 0.3) is 0 Å². The molecule has 0 saturated carbocycles. The molecule has 3 nitrogen and oxygen atoms in total. The van der Waals surface area contributed by atoms with Crippen molar-refractivity contribution in [2.45, 2.75) is 46.2 Å². The monoisotopic (exact) mass is 290 g/mol. The van der Waals surface area contributed by atoms with Crippen LogP contribution in [0.4, 0.5) is 0 Å². The first kappa shape index (κ1) is 16.3. The summed E-state index contributed by atoms with van der Waals surface area (Å²) in [5.41, 5.74) is 8.14. The first-order valence-corrected chi connectivity index (χ1v) is 8.22. The lowest BCUT2D eigenvalue weighted by atomic mass is 9.89. The van der Waals surface area contributed by atoms with Crippen LogP contribution in [0.3, 0.4) is 0 Å². The maximum Gasteiger partial charge on any atom is 0.123 e. The Bertz CT molecular complexity index is 445. The van der Waals surface area contributed by atoms with E-state index in [1.165, 1.54) is 37.9 Å². The van der Waals surface area contributed by atoms with E-state index in [0.29, 0.717) is 6.54 Å². The summed E-state index contributed by atoms with van der Waals surface area (Å²) in [5, 5.41) is 0. The molecule has 2 rings (SSSR count). The van der Waals surface area contributed by atoms with E-state index >= 15 is 0 Å². The SMILES string of the molecule is COc1cc(CN2CCCC(C(C)C)CC2)ccc1CN. The van der Waals surface area contributed by atoms with Gasteiger partial charge in [-0.1, -0.05) is 26.0 Å². The average molecular weight is 290 g/mol. The van der Waals surface area contributed by atoms with Crippen LogP contribution < -0.4 is 10.5 Å². The topological polar surface area (TPSA) is 38.5 Å². The molecule has 2 N–H and O–H groups in total. The van der Waals surface area contributed by atoms with Crippen LogP contribution >= 0.6 is 0 Å². The highest BCUT2D eigenvalue weighted by molar-refractivity contribution is 5.37. The maximum absolute atomic E-state index is 5.73. The van der Waals surface area contributed by atoms with Gasteiger partial charge in [0.25, 0.3) is 0 Å². The molecule has 1 fully saturated rings. The number of likely N-dealkylation sites (tertiary alicyclic amines) is 1. The Labute approximate surface area is 129 Å². The first-order valence-electron chi connectivity index (χ1n) is 8.22. The summed E-state index contributed by atoms with van der Waals surface area (Å²) in [6, 6.07) is 6.44. The van der Waals surface area contributed by atoms with Crippen molar-refractivity contribution in [3.05, 3.63) is 29.3 Å². The molecule has 1 unspecified atom stereocenters. The second-order valence-corrected chi connectivity index (χ2v) is 6.56. The zero-order valence-corrected chi connectivity index (χ0v) is 13.8. The van der Waals surface area contributed by atoms with Crippen LogP contribution in [0.15, 0.2) is 18.2 Å². The van der Waals surface area contributed by atoms with E-state index in [0.717, 1.165) is 29.7 Å². The second-order valence-electron chi connectivity index (χ2n) is 6.56. The Morgan fingerprint density at radius 3 is 2.76 bits per heavy atom. The molecule has 1 saturated heterocycles. The van der Waals surface area contributed by atoms with Crippen molar-refractivity contribution < 1.29 is 4.74 Å². The molecule has 1 aliphatic heterocycles. The van der Waals surface area contributed by atoms with Gasteiger partial charge in [0.1, 0.15) is 5.75 Å². The third kappa shape index (κ3) is 4.45. The zero-order chi connectivity index (χ0) is 15.2. The number of benzene rings is 1. The van der Waals surface area contributed by atoms with E-state index in [4.69, 9.17) is 10.5 Å². The van der Waals surface area contributed by atoms with Crippen LogP contribution in [0.5, 0.6) is 5.75 Å². The number of methoxy groups -OCH3 is 1. The number of nitrogens with zero attached hydrogens (tertiary/aromatic N) is 1. The van der Waals surface area contributed by atoms with E-state index in [1.807, 2.05) is 0 Å². The van der Waals surface area contributed by atoms with Crippen molar-refractivity contribution in [2.24, 2.45) is 17.6 Å². The van der Waals surface area contributed by atoms with E-state index in [-0.39, 0.29) is 0 Å². The fourth-order valence-electron chi connectivity index (χ4n) is 3.32. The Kier molecular flexibility index (Phi) is 6.07. The van der Waals surface area contributed by atoms with Crippen LogP contribution in [0.2, 0.25) is 0 Å².